The molecule has 0 spiro atoms. The number of rotatable bonds is 4. The number of aromatic amines is 1. The van der Waals surface area contributed by atoms with Crippen LogP contribution in [0.3, 0.4) is 0 Å². The van der Waals surface area contributed by atoms with E-state index in [9.17, 15) is 9.59 Å². The average molecular weight is 195 g/mol. The van der Waals surface area contributed by atoms with E-state index in [0.717, 1.165) is 0 Å². The van der Waals surface area contributed by atoms with E-state index >= 15 is 0 Å². The number of Topliss-reactive ketones (excluding diaryl/α,β-unsaturated/α-hetero) is 1. The third-order valence-corrected chi connectivity index (χ3v) is 1.84. The van der Waals surface area contributed by atoms with Gasteiger partial charge in [0.25, 0.3) is 0 Å². The summed E-state index contributed by atoms with van der Waals surface area (Å²) in [5.74, 6) is -0.372. The summed E-state index contributed by atoms with van der Waals surface area (Å²) >= 11 is 0. The molecule has 1 N–H and O–H groups in total. The molecule has 0 aromatic carbocycles. The lowest BCUT2D eigenvalue weighted by molar-refractivity contribution is -0.142. The summed E-state index contributed by atoms with van der Waals surface area (Å²) in [5.41, 5.74) is 1.18. The minimum Gasteiger partial charge on any atom is -0.466 e. The number of carbonyl (C=O) groups is 2. The Morgan fingerprint density at radius 2 is 2.21 bits per heavy atom. The molecule has 1 heterocycles. The Morgan fingerprint density at radius 3 is 2.79 bits per heavy atom. The standard InChI is InChI=1S/C10H13NO3/c1-3-14-10(13)6-9-8(7(2)12)4-5-11-9/h4-5,11H,3,6H2,1-2H3. The van der Waals surface area contributed by atoms with Gasteiger partial charge in [0.1, 0.15) is 0 Å². The molecule has 1 aromatic rings. The fourth-order valence-corrected chi connectivity index (χ4v) is 1.24. The smallest absolute Gasteiger partial charge is 0.311 e. The molecule has 0 amide bonds. The summed E-state index contributed by atoms with van der Waals surface area (Å²) in [7, 11) is 0. The van der Waals surface area contributed by atoms with Gasteiger partial charge in [0.05, 0.1) is 13.0 Å². The zero-order valence-electron chi connectivity index (χ0n) is 8.29. The highest BCUT2D eigenvalue weighted by molar-refractivity contribution is 5.96. The first-order valence-electron chi connectivity index (χ1n) is 4.48. The van der Waals surface area contributed by atoms with E-state index in [1.165, 1.54) is 6.92 Å². The van der Waals surface area contributed by atoms with E-state index in [-0.39, 0.29) is 18.2 Å². The Bertz CT molecular complexity index is 341. The lowest BCUT2D eigenvalue weighted by atomic mass is 10.1. The maximum absolute atomic E-state index is 11.1. The highest BCUT2D eigenvalue weighted by atomic mass is 16.5. The number of esters is 1. The molecule has 0 unspecified atom stereocenters. The van der Waals surface area contributed by atoms with Gasteiger partial charge in [0.15, 0.2) is 5.78 Å². The van der Waals surface area contributed by atoms with Gasteiger partial charge < -0.3 is 9.72 Å². The van der Waals surface area contributed by atoms with Gasteiger partial charge in [-0.25, -0.2) is 0 Å². The SMILES string of the molecule is CCOC(=O)Cc1[nH]ccc1C(C)=O. The highest BCUT2D eigenvalue weighted by Gasteiger charge is 2.12. The number of nitrogens with one attached hydrogen (secondary N) is 1. The Hall–Kier alpha value is -1.58. The van der Waals surface area contributed by atoms with Crippen LogP contribution in [0.5, 0.6) is 0 Å². The van der Waals surface area contributed by atoms with Crippen molar-refractivity contribution in [1.82, 2.24) is 4.98 Å². The van der Waals surface area contributed by atoms with Crippen LogP contribution >= 0.6 is 0 Å². The summed E-state index contributed by atoms with van der Waals surface area (Å²) in [6, 6.07) is 1.66. The Kier molecular flexibility index (Phi) is 3.45. The normalized spacial score (nSPS) is 9.86. The van der Waals surface area contributed by atoms with E-state index in [0.29, 0.717) is 17.9 Å². The van der Waals surface area contributed by atoms with Crippen LogP contribution in [0.1, 0.15) is 29.9 Å². The molecular weight excluding hydrogens is 182 g/mol. The first-order chi connectivity index (χ1) is 6.65. The van der Waals surface area contributed by atoms with Crippen molar-refractivity contribution in [2.24, 2.45) is 0 Å². The van der Waals surface area contributed by atoms with Crippen LogP contribution in [0.25, 0.3) is 0 Å². The first kappa shape index (κ1) is 10.5. The molecule has 0 aliphatic carbocycles. The third-order valence-electron chi connectivity index (χ3n) is 1.84. The summed E-state index contributed by atoms with van der Waals surface area (Å²) in [6.07, 6.45) is 1.76. The van der Waals surface area contributed by atoms with Crippen LogP contribution in [0, 0.1) is 0 Å². The van der Waals surface area contributed by atoms with E-state index in [1.54, 1.807) is 19.2 Å². The number of ketones is 1. The zero-order valence-corrected chi connectivity index (χ0v) is 8.29. The fourth-order valence-electron chi connectivity index (χ4n) is 1.24. The van der Waals surface area contributed by atoms with E-state index in [2.05, 4.69) is 4.98 Å². The van der Waals surface area contributed by atoms with Gasteiger partial charge in [0, 0.05) is 17.5 Å². The molecule has 4 heteroatoms. The van der Waals surface area contributed by atoms with Crippen molar-refractivity contribution in [3.63, 3.8) is 0 Å². The second-order valence-electron chi connectivity index (χ2n) is 2.91. The Morgan fingerprint density at radius 1 is 1.50 bits per heavy atom. The molecule has 76 valence electrons. The van der Waals surface area contributed by atoms with Gasteiger partial charge >= 0.3 is 5.97 Å². The molecule has 0 saturated heterocycles. The van der Waals surface area contributed by atoms with Crippen molar-refractivity contribution in [2.75, 3.05) is 6.61 Å². The first-order valence-corrected chi connectivity index (χ1v) is 4.48. The summed E-state index contributed by atoms with van der Waals surface area (Å²) in [6.45, 7) is 3.57. The number of aromatic nitrogens is 1. The molecular formula is C10H13NO3. The zero-order chi connectivity index (χ0) is 10.6. The fraction of sp³-hybridized carbons (Fsp3) is 0.400. The van der Waals surface area contributed by atoms with Crippen molar-refractivity contribution in [3.8, 4) is 0 Å². The maximum atomic E-state index is 11.1. The largest absolute Gasteiger partial charge is 0.466 e. The van der Waals surface area contributed by atoms with Crippen molar-refractivity contribution >= 4 is 11.8 Å². The van der Waals surface area contributed by atoms with Crippen molar-refractivity contribution < 1.29 is 14.3 Å². The van der Waals surface area contributed by atoms with Gasteiger partial charge in [-0.2, -0.15) is 0 Å². The Labute approximate surface area is 82.3 Å². The third kappa shape index (κ3) is 2.45. The molecule has 0 saturated carbocycles. The van der Waals surface area contributed by atoms with E-state index < -0.39 is 0 Å². The maximum Gasteiger partial charge on any atom is 0.311 e. The molecule has 0 atom stereocenters. The quantitative estimate of drug-likeness (QED) is 0.582. The van der Waals surface area contributed by atoms with Crippen LogP contribution in [-0.4, -0.2) is 23.3 Å². The number of hydrogen-bond acceptors (Lipinski definition) is 3. The molecule has 0 bridgehead atoms. The summed E-state index contributed by atoms with van der Waals surface area (Å²) < 4.78 is 4.78. The predicted molar refractivity (Wildman–Crippen MR) is 51.1 cm³/mol. The molecule has 1 rings (SSSR count). The summed E-state index contributed by atoms with van der Waals surface area (Å²) in [4.78, 5) is 25.1. The van der Waals surface area contributed by atoms with Gasteiger partial charge in [-0.05, 0) is 19.9 Å². The van der Waals surface area contributed by atoms with Crippen LogP contribution in [0.15, 0.2) is 12.3 Å². The molecule has 0 aliphatic heterocycles. The van der Waals surface area contributed by atoms with E-state index in [1.807, 2.05) is 0 Å². The molecule has 1 aromatic heterocycles. The minimum atomic E-state index is -0.322. The van der Waals surface area contributed by atoms with Gasteiger partial charge in [-0.1, -0.05) is 0 Å². The van der Waals surface area contributed by atoms with Crippen LogP contribution in [0.4, 0.5) is 0 Å². The highest BCUT2D eigenvalue weighted by Crippen LogP contribution is 2.08. The minimum absolute atomic E-state index is 0.0504. The number of ether oxygens (including phenoxy) is 1. The number of carbonyl (C=O) groups excluding carboxylic acids is 2. The molecule has 0 fully saturated rings. The van der Waals surface area contributed by atoms with Crippen LogP contribution in [-0.2, 0) is 16.0 Å². The van der Waals surface area contributed by atoms with Gasteiger partial charge in [0.2, 0.25) is 0 Å². The lowest BCUT2D eigenvalue weighted by Crippen LogP contribution is -2.10. The molecule has 14 heavy (non-hydrogen) atoms. The van der Waals surface area contributed by atoms with Gasteiger partial charge in [-0.15, -0.1) is 0 Å². The lowest BCUT2D eigenvalue weighted by Gasteiger charge is -2.01. The molecule has 0 radical (unpaired) electrons. The predicted octanol–water partition coefficient (Wildman–Crippen LogP) is 1.32. The van der Waals surface area contributed by atoms with Crippen molar-refractivity contribution in [3.05, 3.63) is 23.5 Å². The van der Waals surface area contributed by atoms with Crippen molar-refractivity contribution in [1.29, 1.82) is 0 Å². The number of hydrogen-bond donors (Lipinski definition) is 1. The molecule has 4 nitrogen and oxygen atoms in total. The number of H-pyrrole nitrogens is 1. The van der Waals surface area contributed by atoms with E-state index in [4.69, 9.17) is 4.74 Å². The molecule has 0 aliphatic rings. The summed E-state index contributed by atoms with van der Waals surface area (Å²) in [5, 5.41) is 0. The topological polar surface area (TPSA) is 59.2 Å². The van der Waals surface area contributed by atoms with Gasteiger partial charge in [-0.3, -0.25) is 9.59 Å². The van der Waals surface area contributed by atoms with Crippen molar-refractivity contribution in [2.45, 2.75) is 20.3 Å². The van der Waals surface area contributed by atoms with Crippen LogP contribution < -0.4 is 0 Å². The average Bonchev–Trinajstić information content (AvgIpc) is 2.52. The second-order valence-corrected chi connectivity index (χ2v) is 2.91. The van der Waals surface area contributed by atoms with Crippen LogP contribution in [0.2, 0.25) is 0 Å². The monoisotopic (exact) mass is 195 g/mol. The Balaban J connectivity index is 2.71. The second kappa shape index (κ2) is 4.60.